The summed E-state index contributed by atoms with van der Waals surface area (Å²) in [5.41, 5.74) is 0. The summed E-state index contributed by atoms with van der Waals surface area (Å²) in [6.07, 6.45) is -1.70. The monoisotopic (exact) mass is 225 g/mol. The summed E-state index contributed by atoms with van der Waals surface area (Å²) in [7, 11) is -3.48. The molecule has 0 aromatic carbocycles. The van der Waals surface area contributed by atoms with E-state index >= 15 is 0 Å². The van der Waals surface area contributed by atoms with Gasteiger partial charge in [0.1, 0.15) is 0 Å². The molecule has 0 aromatic rings. The number of aliphatic hydroxyl groups excluding tert-OH is 1. The van der Waals surface area contributed by atoms with E-state index < -0.39 is 28.6 Å². The van der Waals surface area contributed by atoms with E-state index in [1.807, 2.05) is 4.72 Å². The SMILES string of the molecule is CC(C)CS(=O)(=O)NC[C@H](O)C(=O)O. The fraction of sp³-hybridized carbons (Fsp3) is 0.857. The number of hydrogen-bond acceptors (Lipinski definition) is 4. The summed E-state index contributed by atoms with van der Waals surface area (Å²) in [5, 5.41) is 17.1. The van der Waals surface area contributed by atoms with Crippen molar-refractivity contribution in [1.29, 1.82) is 0 Å². The third-order valence-electron chi connectivity index (χ3n) is 1.33. The van der Waals surface area contributed by atoms with Crippen LogP contribution in [0.4, 0.5) is 0 Å². The molecular weight excluding hydrogens is 210 g/mol. The van der Waals surface area contributed by atoms with Crippen molar-refractivity contribution >= 4 is 16.0 Å². The fourth-order valence-corrected chi connectivity index (χ4v) is 2.20. The Morgan fingerprint density at radius 2 is 1.93 bits per heavy atom. The molecule has 0 spiro atoms. The van der Waals surface area contributed by atoms with Crippen LogP contribution in [0.15, 0.2) is 0 Å². The molecule has 14 heavy (non-hydrogen) atoms. The third kappa shape index (κ3) is 5.90. The fourth-order valence-electron chi connectivity index (χ4n) is 0.791. The van der Waals surface area contributed by atoms with Crippen molar-refractivity contribution in [2.24, 2.45) is 5.92 Å². The number of aliphatic hydroxyl groups is 1. The normalized spacial score (nSPS) is 14.3. The summed E-state index contributed by atoms with van der Waals surface area (Å²) >= 11 is 0. The highest BCUT2D eigenvalue weighted by Crippen LogP contribution is 1.97. The third-order valence-corrected chi connectivity index (χ3v) is 3.05. The summed E-state index contributed by atoms with van der Waals surface area (Å²) < 4.78 is 24.3. The van der Waals surface area contributed by atoms with Gasteiger partial charge < -0.3 is 10.2 Å². The number of sulfonamides is 1. The molecule has 0 rings (SSSR count). The van der Waals surface area contributed by atoms with Gasteiger partial charge in [-0.05, 0) is 5.92 Å². The minimum Gasteiger partial charge on any atom is -0.479 e. The van der Waals surface area contributed by atoms with E-state index in [4.69, 9.17) is 10.2 Å². The van der Waals surface area contributed by atoms with E-state index in [2.05, 4.69) is 0 Å². The van der Waals surface area contributed by atoms with Gasteiger partial charge in [-0.1, -0.05) is 13.8 Å². The number of carboxylic acids is 1. The summed E-state index contributed by atoms with van der Waals surface area (Å²) in [5.74, 6) is -1.58. The van der Waals surface area contributed by atoms with Crippen LogP contribution in [0.3, 0.4) is 0 Å². The largest absolute Gasteiger partial charge is 0.479 e. The van der Waals surface area contributed by atoms with Crippen LogP contribution in [0.2, 0.25) is 0 Å². The maximum Gasteiger partial charge on any atom is 0.333 e. The predicted octanol–water partition coefficient (Wildman–Crippen LogP) is -0.993. The molecule has 0 aliphatic rings. The Bertz CT molecular complexity index is 284. The lowest BCUT2D eigenvalue weighted by Crippen LogP contribution is -2.38. The van der Waals surface area contributed by atoms with Crippen molar-refractivity contribution in [1.82, 2.24) is 4.72 Å². The molecule has 0 aliphatic carbocycles. The lowest BCUT2D eigenvalue weighted by molar-refractivity contribution is -0.146. The van der Waals surface area contributed by atoms with Crippen molar-refractivity contribution in [3.05, 3.63) is 0 Å². The van der Waals surface area contributed by atoms with Gasteiger partial charge >= 0.3 is 5.97 Å². The molecule has 0 bridgehead atoms. The van der Waals surface area contributed by atoms with Crippen LogP contribution in [0.25, 0.3) is 0 Å². The summed E-state index contributed by atoms with van der Waals surface area (Å²) in [4.78, 5) is 10.2. The number of aliphatic carboxylic acids is 1. The van der Waals surface area contributed by atoms with Crippen LogP contribution >= 0.6 is 0 Å². The molecule has 84 valence electrons. The van der Waals surface area contributed by atoms with E-state index in [0.717, 1.165) is 0 Å². The van der Waals surface area contributed by atoms with Crippen LogP contribution in [0.5, 0.6) is 0 Å². The van der Waals surface area contributed by atoms with Crippen LogP contribution < -0.4 is 4.72 Å². The molecule has 0 amide bonds. The first-order valence-corrected chi connectivity index (χ1v) is 5.78. The molecular formula is C7H15NO5S. The first kappa shape index (κ1) is 13.3. The number of rotatable bonds is 6. The van der Waals surface area contributed by atoms with E-state index in [0.29, 0.717) is 0 Å². The Hall–Kier alpha value is -0.660. The highest BCUT2D eigenvalue weighted by Gasteiger charge is 2.18. The summed E-state index contributed by atoms with van der Waals surface area (Å²) in [6, 6.07) is 0. The Labute approximate surface area is 83.0 Å². The molecule has 0 heterocycles. The van der Waals surface area contributed by atoms with Crippen LogP contribution in [-0.4, -0.2) is 43.0 Å². The Balaban J connectivity index is 4.06. The molecule has 3 N–H and O–H groups in total. The van der Waals surface area contributed by atoms with Gasteiger partial charge in [0.15, 0.2) is 6.10 Å². The molecule has 7 heteroatoms. The van der Waals surface area contributed by atoms with Gasteiger partial charge in [0.05, 0.1) is 5.75 Å². The van der Waals surface area contributed by atoms with Gasteiger partial charge in [0.25, 0.3) is 0 Å². The summed E-state index contributed by atoms with van der Waals surface area (Å²) in [6.45, 7) is 2.96. The van der Waals surface area contributed by atoms with E-state index in [-0.39, 0.29) is 11.7 Å². The topological polar surface area (TPSA) is 104 Å². The van der Waals surface area contributed by atoms with Crippen LogP contribution in [0.1, 0.15) is 13.8 Å². The minimum absolute atomic E-state index is 0.0468. The number of carboxylic acid groups (broad SMARTS) is 1. The van der Waals surface area contributed by atoms with Gasteiger partial charge in [-0.2, -0.15) is 0 Å². The lowest BCUT2D eigenvalue weighted by atomic mass is 10.3. The standard InChI is InChI=1S/C7H15NO5S/c1-5(2)4-14(12,13)8-3-6(9)7(10)11/h5-6,8-9H,3-4H2,1-2H3,(H,10,11)/t6-/m0/s1. The van der Waals surface area contributed by atoms with Crippen molar-refractivity contribution in [2.75, 3.05) is 12.3 Å². The molecule has 0 unspecified atom stereocenters. The molecule has 0 aromatic heterocycles. The lowest BCUT2D eigenvalue weighted by Gasteiger charge is -2.10. The zero-order valence-corrected chi connectivity index (χ0v) is 8.91. The quantitative estimate of drug-likeness (QED) is 0.538. The Morgan fingerprint density at radius 3 is 2.29 bits per heavy atom. The molecule has 0 aliphatic heterocycles. The zero-order chi connectivity index (χ0) is 11.4. The van der Waals surface area contributed by atoms with Gasteiger partial charge in [0, 0.05) is 6.54 Å². The maximum absolute atomic E-state index is 11.2. The second kappa shape index (κ2) is 5.28. The highest BCUT2D eigenvalue weighted by atomic mass is 32.2. The van der Waals surface area contributed by atoms with Gasteiger partial charge in [-0.3, -0.25) is 0 Å². The van der Waals surface area contributed by atoms with Crippen molar-refractivity contribution < 1.29 is 23.4 Å². The smallest absolute Gasteiger partial charge is 0.333 e. The number of nitrogens with one attached hydrogen (secondary N) is 1. The molecule has 0 radical (unpaired) electrons. The van der Waals surface area contributed by atoms with Crippen molar-refractivity contribution in [2.45, 2.75) is 20.0 Å². The van der Waals surface area contributed by atoms with Gasteiger partial charge in [0.2, 0.25) is 10.0 Å². The predicted molar refractivity (Wildman–Crippen MR) is 50.3 cm³/mol. The minimum atomic E-state index is -3.48. The molecule has 0 saturated carbocycles. The van der Waals surface area contributed by atoms with Gasteiger partial charge in [-0.15, -0.1) is 0 Å². The van der Waals surface area contributed by atoms with Crippen molar-refractivity contribution in [3.63, 3.8) is 0 Å². The first-order valence-electron chi connectivity index (χ1n) is 4.13. The molecule has 1 atom stereocenters. The average Bonchev–Trinajstić information content (AvgIpc) is 1.97. The Morgan fingerprint density at radius 1 is 1.43 bits per heavy atom. The van der Waals surface area contributed by atoms with E-state index in [9.17, 15) is 13.2 Å². The molecule has 0 saturated heterocycles. The van der Waals surface area contributed by atoms with E-state index in [1.54, 1.807) is 13.8 Å². The van der Waals surface area contributed by atoms with Crippen LogP contribution in [0, 0.1) is 5.92 Å². The molecule has 0 fully saturated rings. The van der Waals surface area contributed by atoms with Crippen LogP contribution in [-0.2, 0) is 14.8 Å². The first-order chi connectivity index (χ1) is 6.24. The number of carbonyl (C=O) groups is 1. The van der Waals surface area contributed by atoms with E-state index in [1.165, 1.54) is 0 Å². The second-order valence-corrected chi connectivity index (χ2v) is 5.23. The number of hydrogen-bond donors (Lipinski definition) is 3. The highest BCUT2D eigenvalue weighted by molar-refractivity contribution is 7.89. The zero-order valence-electron chi connectivity index (χ0n) is 8.10. The van der Waals surface area contributed by atoms with Crippen molar-refractivity contribution in [3.8, 4) is 0 Å². The maximum atomic E-state index is 11.2. The molecule has 6 nitrogen and oxygen atoms in total. The average molecular weight is 225 g/mol. The van der Waals surface area contributed by atoms with Gasteiger partial charge in [-0.25, -0.2) is 17.9 Å². The Kier molecular flexibility index (Phi) is 5.03. The second-order valence-electron chi connectivity index (χ2n) is 3.38.